The van der Waals surface area contributed by atoms with Gasteiger partial charge in [-0.05, 0) is 66.7 Å². The van der Waals surface area contributed by atoms with E-state index in [9.17, 15) is 4.79 Å². The molecule has 0 saturated carbocycles. The van der Waals surface area contributed by atoms with Crippen molar-refractivity contribution in [3.63, 3.8) is 0 Å². The van der Waals surface area contributed by atoms with Gasteiger partial charge in [-0.25, -0.2) is 4.98 Å². The Hall–Kier alpha value is -6.92. The maximum atomic E-state index is 13.9. The quantitative estimate of drug-likeness (QED) is 0.180. The molecular weight excluding hydrogens is 617 g/mol. The van der Waals surface area contributed by atoms with Crippen LogP contribution in [0.25, 0.3) is 93.9 Å². The van der Waals surface area contributed by atoms with E-state index in [1.807, 2.05) is 42.5 Å². The first-order chi connectivity index (χ1) is 24.7. The van der Waals surface area contributed by atoms with E-state index in [4.69, 9.17) is 9.40 Å². The van der Waals surface area contributed by atoms with Gasteiger partial charge in [0.2, 0.25) is 11.4 Å². The van der Waals surface area contributed by atoms with Gasteiger partial charge in [0.25, 0.3) is 0 Å². The molecule has 0 N–H and O–H groups in total. The SMILES string of the molecule is O=c1c2ccccc2oc2cc3nc(-n4c5ccccc5c5ccccc54)n(-c4ccc5c(c4)c4ccccc4n5-c4ccccc4)c3cc12. The highest BCUT2D eigenvalue weighted by molar-refractivity contribution is 6.11. The highest BCUT2D eigenvalue weighted by atomic mass is 16.3. The molecule has 0 aliphatic carbocycles. The molecule has 0 fully saturated rings. The first-order valence-electron chi connectivity index (χ1n) is 16.7. The molecule has 0 radical (unpaired) electrons. The van der Waals surface area contributed by atoms with E-state index in [1.165, 1.54) is 0 Å². The van der Waals surface area contributed by atoms with Crippen LogP contribution in [0.4, 0.5) is 0 Å². The number of para-hydroxylation sites is 5. The Morgan fingerprint density at radius 1 is 0.400 bits per heavy atom. The summed E-state index contributed by atoms with van der Waals surface area (Å²) in [5.74, 6) is 0.732. The molecule has 6 heteroatoms. The van der Waals surface area contributed by atoms with E-state index in [-0.39, 0.29) is 5.43 Å². The Kier molecular flexibility index (Phi) is 5.44. The number of hydrogen-bond acceptors (Lipinski definition) is 3. The zero-order chi connectivity index (χ0) is 32.9. The van der Waals surface area contributed by atoms with E-state index in [0.29, 0.717) is 21.9 Å². The van der Waals surface area contributed by atoms with Crippen LogP contribution >= 0.6 is 0 Å². The minimum Gasteiger partial charge on any atom is -0.456 e. The number of rotatable bonds is 3. The lowest BCUT2D eigenvalue weighted by atomic mass is 10.1. The second kappa shape index (κ2) is 10.0. The maximum absolute atomic E-state index is 13.9. The van der Waals surface area contributed by atoms with Crippen LogP contribution in [-0.4, -0.2) is 18.7 Å². The number of aromatic nitrogens is 4. The number of hydrogen-bond donors (Lipinski definition) is 0. The Balaban J connectivity index is 1.29. The number of imidazole rings is 1. The largest absolute Gasteiger partial charge is 0.456 e. The van der Waals surface area contributed by atoms with Crippen molar-refractivity contribution >= 4 is 76.6 Å². The lowest BCUT2D eigenvalue weighted by Gasteiger charge is -2.13. The van der Waals surface area contributed by atoms with Crippen molar-refractivity contribution in [2.24, 2.45) is 0 Å². The first kappa shape index (κ1) is 27.1. The smallest absolute Gasteiger partial charge is 0.220 e. The van der Waals surface area contributed by atoms with Gasteiger partial charge in [0.1, 0.15) is 11.2 Å². The first-order valence-corrected chi connectivity index (χ1v) is 16.7. The van der Waals surface area contributed by atoms with Crippen molar-refractivity contribution in [3.05, 3.63) is 168 Å². The van der Waals surface area contributed by atoms with Gasteiger partial charge >= 0.3 is 0 Å². The molecule has 0 amide bonds. The van der Waals surface area contributed by atoms with Crippen molar-refractivity contribution in [2.45, 2.75) is 0 Å². The van der Waals surface area contributed by atoms with Gasteiger partial charge in [-0.15, -0.1) is 0 Å². The molecule has 0 spiro atoms. The molecule has 50 heavy (non-hydrogen) atoms. The van der Waals surface area contributed by atoms with Crippen LogP contribution in [0, 0.1) is 0 Å². The highest BCUT2D eigenvalue weighted by Crippen LogP contribution is 2.38. The molecule has 0 aliphatic heterocycles. The molecule has 4 heterocycles. The fourth-order valence-corrected chi connectivity index (χ4v) is 7.86. The van der Waals surface area contributed by atoms with Crippen molar-refractivity contribution in [2.75, 3.05) is 0 Å². The van der Waals surface area contributed by atoms with Crippen molar-refractivity contribution < 1.29 is 4.42 Å². The third-order valence-electron chi connectivity index (χ3n) is 10.0. The number of benzene rings is 7. The summed E-state index contributed by atoms with van der Waals surface area (Å²) in [6.07, 6.45) is 0. The van der Waals surface area contributed by atoms with Crippen LogP contribution < -0.4 is 5.43 Å². The minimum absolute atomic E-state index is 0.0590. The fraction of sp³-hybridized carbons (Fsp3) is 0. The highest BCUT2D eigenvalue weighted by Gasteiger charge is 2.22. The summed E-state index contributed by atoms with van der Waals surface area (Å²) in [5, 5.41) is 5.67. The molecular formula is C44H26N4O2. The minimum atomic E-state index is -0.0590. The molecule has 234 valence electrons. The van der Waals surface area contributed by atoms with Crippen LogP contribution in [0.3, 0.4) is 0 Å². The van der Waals surface area contributed by atoms with Crippen LogP contribution in [0.1, 0.15) is 0 Å². The standard InChI is InChI=1S/C44H26N4O2/c49-43-32-17-7-11-21-41(32)50-42-26-35-40(25-34(42)43)47(44(45-35)48-37-19-9-4-14-29(37)30-15-5-10-20-38(30)48)28-22-23-39-33(24-28)31-16-6-8-18-36(31)46(39)27-12-2-1-3-13-27/h1-26H. The zero-order valence-corrected chi connectivity index (χ0v) is 26.6. The molecule has 11 rings (SSSR count). The van der Waals surface area contributed by atoms with Gasteiger partial charge < -0.3 is 8.98 Å². The van der Waals surface area contributed by atoms with E-state index in [0.717, 1.165) is 72.0 Å². The Bertz CT molecular complexity index is 3180. The summed E-state index contributed by atoms with van der Waals surface area (Å²) < 4.78 is 13.1. The maximum Gasteiger partial charge on any atom is 0.220 e. The monoisotopic (exact) mass is 642 g/mol. The summed E-state index contributed by atoms with van der Waals surface area (Å²) >= 11 is 0. The third-order valence-corrected chi connectivity index (χ3v) is 10.0. The third kappa shape index (κ3) is 3.67. The van der Waals surface area contributed by atoms with Crippen LogP contribution in [0.5, 0.6) is 0 Å². The Labute approximate surface area is 284 Å². The van der Waals surface area contributed by atoms with Gasteiger partial charge in [0.05, 0.1) is 43.9 Å². The van der Waals surface area contributed by atoms with E-state index < -0.39 is 0 Å². The van der Waals surface area contributed by atoms with Crippen LogP contribution in [-0.2, 0) is 0 Å². The molecule has 0 unspecified atom stereocenters. The van der Waals surface area contributed by atoms with Crippen LogP contribution in [0.2, 0.25) is 0 Å². The molecule has 0 aliphatic rings. The molecule has 11 aromatic rings. The number of fused-ring (bicyclic) bond motifs is 9. The Morgan fingerprint density at radius 2 is 0.980 bits per heavy atom. The van der Waals surface area contributed by atoms with E-state index in [1.54, 1.807) is 0 Å². The van der Waals surface area contributed by atoms with Gasteiger partial charge in [-0.2, -0.15) is 0 Å². The van der Waals surface area contributed by atoms with Gasteiger partial charge in [0, 0.05) is 39.0 Å². The second-order valence-corrected chi connectivity index (χ2v) is 12.8. The average molecular weight is 643 g/mol. The number of nitrogens with zero attached hydrogens (tertiary/aromatic N) is 4. The van der Waals surface area contributed by atoms with Crippen molar-refractivity contribution in [1.29, 1.82) is 0 Å². The predicted octanol–water partition coefficient (Wildman–Crippen LogP) is 10.5. The van der Waals surface area contributed by atoms with Crippen LogP contribution in [0.15, 0.2) is 167 Å². The summed E-state index contributed by atoms with van der Waals surface area (Å²) in [5.41, 5.74) is 8.98. The molecule has 7 aromatic carbocycles. The zero-order valence-electron chi connectivity index (χ0n) is 26.6. The lowest BCUT2D eigenvalue weighted by molar-refractivity contribution is 0.660. The van der Waals surface area contributed by atoms with E-state index in [2.05, 4.69) is 129 Å². The summed E-state index contributed by atoms with van der Waals surface area (Å²) in [4.78, 5) is 19.3. The van der Waals surface area contributed by atoms with Gasteiger partial charge in [-0.1, -0.05) is 84.9 Å². The van der Waals surface area contributed by atoms with Gasteiger partial charge in [-0.3, -0.25) is 13.9 Å². The normalized spacial score (nSPS) is 12.1. The molecule has 4 aromatic heterocycles. The molecule has 6 nitrogen and oxygen atoms in total. The summed E-state index contributed by atoms with van der Waals surface area (Å²) in [6, 6.07) is 53.8. The second-order valence-electron chi connectivity index (χ2n) is 12.8. The molecule has 0 bridgehead atoms. The lowest BCUT2D eigenvalue weighted by Crippen LogP contribution is -2.06. The van der Waals surface area contributed by atoms with Crippen molar-refractivity contribution in [1.82, 2.24) is 18.7 Å². The predicted molar refractivity (Wildman–Crippen MR) is 203 cm³/mol. The molecule has 0 atom stereocenters. The average Bonchev–Trinajstić information content (AvgIpc) is 3.81. The topological polar surface area (TPSA) is 57.9 Å². The van der Waals surface area contributed by atoms with E-state index >= 15 is 0 Å². The summed E-state index contributed by atoms with van der Waals surface area (Å²) in [7, 11) is 0. The van der Waals surface area contributed by atoms with Crippen molar-refractivity contribution in [3.8, 4) is 17.3 Å². The molecule has 0 saturated heterocycles. The Morgan fingerprint density at radius 3 is 1.70 bits per heavy atom. The fourth-order valence-electron chi connectivity index (χ4n) is 7.86. The van der Waals surface area contributed by atoms with Gasteiger partial charge in [0.15, 0.2) is 0 Å². The summed E-state index contributed by atoms with van der Waals surface area (Å²) in [6.45, 7) is 0.